The Bertz CT molecular complexity index is 516. The van der Waals surface area contributed by atoms with Gasteiger partial charge in [-0.15, -0.1) is 0 Å². The molecule has 4 nitrogen and oxygen atoms in total. The Morgan fingerprint density at radius 1 is 1.10 bits per heavy atom. The second-order valence-electron chi connectivity index (χ2n) is 4.59. The molecule has 0 bridgehead atoms. The highest BCUT2D eigenvalue weighted by Crippen LogP contribution is 2.18. The minimum Gasteiger partial charge on any atom is -0.343 e. The number of anilines is 1. The number of carbonyl (C=O) groups is 2. The van der Waals surface area contributed by atoms with Crippen LogP contribution < -0.4 is 4.90 Å². The van der Waals surface area contributed by atoms with Crippen molar-refractivity contribution in [2.75, 3.05) is 24.5 Å². The van der Waals surface area contributed by atoms with E-state index >= 15 is 0 Å². The molecule has 1 aromatic rings. The lowest BCUT2D eigenvalue weighted by Gasteiger charge is -2.24. The molecule has 0 saturated heterocycles. The first-order valence-corrected chi connectivity index (χ1v) is 6.91. The van der Waals surface area contributed by atoms with E-state index < -0.39 is 11.6 Å². The molecule has 0 N–H and O–H groups in total. The summed E-state index contributed by atoms with van der Waals surface area (Å²) in [6.45, 7) is 6.40. The highest BCUT2D eigenvalue weighted by atomic mass is 19.2. The number of nitrogens with zero attached hydrogens (tertiary/aromatic N) is 2. The van der Waals surface area contributed by atoms with Crippen LogP contribution in [0.15, 0.2) is 18.2 Å². The quantitative estimate of drug-likeness (QED) is 0.810. The molecule has 2 amide bonds. The third-order valence-electron chi connectivity index (χ3n) is 3.26. The van der Waals surface area contributed by atoms with Gasteiger partial charge in [0.15, 0.2) is 11.6 Å². The molecule has 0 radical (unpaired) electrons. The van der Waals surface area contributed by atoms with Gasteiger partial charge in [-0.1, -0.05) is 0 Å². The lowest BCUT2D eigenvalue weighted by molar-refractivity contribution is -0.130. The van der Waals surface area contributed by atoms with Crippen LogP contribution in [-0.2, 0) is 9.59 Å². The molecule has 21 heavy (non-hydrogen) atoms. The minimum absolute atomic E-state index is 0.0752. The van der Waals surface area contributed by atoms with Gasteiger partial charge in [0.05, 0.1) is 0 Å². The Morgan fingerprint density at radius 3 is 2.19 bits per heavy atom. The van der Waals surface area contributed by atoms with E-state index in [1.807, 2.05) is 13.8 Å². The van der Waals surface area contributed by atoms with Crippen LogP contribution in [0.2, 0.25) is 0 Å². The molecule has 0 aliphatic carbocycles. The van der Waals surface area contributed by atoms with Gasteiger partial charge in [-0.3, -0.25) is 9.59 Å². The van der Waals surface area contributed by atoms with Gasteiger partial charge in [0, 0.05) is 44.7 Å². The second kappa shape index (κ2) is 7.71. The van der Waals surface area contributed by atoms with E-state index in [2.05, 4.69) is 0 Å². The van der Waals surface area contributed by atoms with Gasteiger partial charge >= 0.3 is 0 Å². The number of hydrogen-bond acceptors (Lipinski definition) is 2. The largest absolute Gasteiger partial charge is 0.343 e. The van der Waals surface area contributed by atoms with Crippen LogP contribution in [-0.4, -0.2) is 36.3 Å². The molecule has 0 atom stereocenters. The number of amides is 2. The lowest BCUT2D eigenvalue weighted by Crippen LogP contribution is -2.36. The zero-order chi connectivity index (χ0) is 16.0. The molecule has 1 rings (SSSR count). The van der Waals surface area contributed by atoms with E-state index in [4.69, 9.17) is 0 Å². The Kier molecular flexibility index (Phi) is 6.27. The second-order valence-corrected chi connectivity index (χ2v) is 4.59. The molecule has 0 aliphatic rings. The first-order valence-electron chi connectivity index (χ1n) is 6.91. The highest BCUT2D eigenvalue weighted by Gasteiger charge is 2.17. The van der Waals surface area contributed by atoms with Crippen molar-refractivity contribution in [2.24, 2.45) is 0 Å². The van der Waals surface area contributed by atoms with Crippen LogP contribution in [0.3, 0.4) is 0 Å². The fraction of sp³-hybridized carbons (Fsp3) is 0.467. The summed E-state index contributed by atoms with van der Waals surface area (Å²) in [5.74, 6) is -2.39. The Hall–Kier alpha value is -1.98. The number of hydrogen-bond donors (Lipinski definition) is 0. The van der Waals surface area contributed by atoms with E-state index in [0.29, 0.717) is 13.1 Å². The molecule has 0 saturated carbocycles. The van der Waals surface area contributed by atoms with Crippen molar-refractivity contribution >= 4 is 17.5 Å². The predicted octanol–water partition coefficient (Wildman–Crippen LogP) is 2.58. The van der Waals surface area contributed by atoms with Crippen molar-refractivity contribution in [1.29, 1.82) is 0 Å². The van der Waals surface area contributed by atoms with Gasteiger partial charge in [-0.2, -0.15) is 0 Å². The van der Waals surface area contributed by atoms with Crippen LogP contribution in [0.4, 0.5) is 14.5 Å². The monoisotopic (exact) mass is 298 g/mol. The number of benzene rings is 1. The smallest absolute Gasteiger partial charge is 0.224 e. The summed E-state index contributed by atoms with van der Waals surface area (Å²) in [5, 5.41) is 0. The van der Waals surface area contributed by atoms with E-state index in [0.717, 1.165) is 12.1 Å². The van der Waals surface area contributed by atoms with Gasteiger partial charge in [0.25, 0.3) is 0 Å². The average molecular weight is 298 g/mol. The average Bonchev–Trinajstić information content (AvgIpc) is 2.43. The van der Waals surface area contributed by atoms with Crippen LogP contribution in [0.25, 0.3) is 0 Å². The van der Waals surface area contributed by atoms with Crippen molar-refractivity contribution in [3.63, 3.8) is 0 Å². The molecule has 6 heteroatoms. The zero-order valence-corrected chi connectivity index (χ0v) is 12.5. The molecular weight excluding hydrogens is 278 g/mol. The molecule has 116 valence electrons. The summed E-state index contributed by atoms with van der Waals surface area (Å²) in [6.07, 6.45) is 0.139. The first kappa shape index (κ1) is 17.1. The minimum atomic E-state index is -1.02. The lowest BCUT2D eigenvalue weighted by atomic mass is 10.2. The molecule has 0 unspecified atom stereocenters. The van der Waals surface area contributed by atoms with Crippen LogP contribution >= 0.6 is 0 Å². The van der Waals surface area contributed by atoms with Crippen molar-refractivity contribution in [2.45, 2.75) is 27.2 Å². The van der Waals surface area contributed by atoms with E-state index in [1.54, 1.807) is 4.90 Å². The van der Waals surface area contributed by atoms with Crippen molar-refractivity contribution in [3.05, 3.63) is 29.8 Å². The van der Waals surface area contributed by atoms with Gasteiger partial charge in [-0.05, 0) is 26.0 Å². The third-order valence-corrected chi connectivity index (χ3v) is 3.26. The summed E-state index contributed by atoms with van der Waals surface area (Å²) >= 11 is 0. The predicted molar refractivity (Wildman–Crippen MR) is 76.9 cm³/mol. The Morgan fingerprint density at radius 2 is 1.71 bits per heavy atom. The summed E-state index contributed by atoms with van der Waals surface area (Å²) in [7, 11) is 0. The first-order chi connectivity index (χ1) is 9.90. The standard InChI is InChI=1S/C15H20F2N2O2/c1-4-18(5-2)15(21)8-9-19(11(3)20)12-6-7-13(16)14(17)10-12/h6-7,10H,4-5,8-9H2,1-3H3. The maximum absolute atomic E-state index is 13.3. The molecule has 0 aromatic heterocycles. The molecule has 0 fully saturated rings. The molecule has 0 spiro atoms. The fourth-order valence-corrected chi connectivity index (χ4v) is 2.06. The zero-order valence-electron chi connectivity index (χ0n) is 12.5. The fourth-order valence-electron chi connectivity index (χ4n) is 2.06. The van der Waals surface area contributed by atoms with E-state index in [9.17, 15) is 18.4 Å². The highest BCUT2D eigenvalue weighted by molar-refractivity contribution is 5.92. The van der Waals surface area contributed by atoms with Crippen LogP contribution in [0, 0.1) is 11.6 Å². The summed E-state index contributed by atoms with van der Waals surface area (Å²) in [6, 6.07) is 3.24. The summed E-state index contributed by atoms with van der Waals surface area (Å²) in [4.78, 5) is 26.5. The molecule has 0 heterocycles. The Labute approximate surface area is 123 Å². The van der Waals surface area contributed by atoms with Crippen molar-refractivity contribution in [3.8, 4) is 0 Å². The maximum atomic E-state index is 13.3. The normalized spacial score (nSPS) is 10.3. The summed E-state index contributed by atoms with van der Waals surface area (Å²) < 4.78 is 26.2. The SMILES string of the molecule is CCN(CC)C(=O)CCN(C(C)=O)c1ccc(F)c(F)c1. The topological polar surface area (TPSA) is 40.6 Å². The van der Waals surface area contributed by atoms with Crippen LogP contribution in [0.1, 0.15) is 27.2 Å². The Balaban J connectivity index is 2.81. The number of halogens is 2. The van der Waals surface area contributed by atoms with E-state index in [-0.39, 0.29) is 30.5 Å². The van der Waals surface area contributed by atoms with E-state index in [1.165, 1.54) is 17.9 Å². The third kappa shape index (κ3) is 4.51. The van der Waals surface area contributed by atoms with Gasteiger partial charge in [0.2, 0.25) is 11.8 Å². The van der Waals surface area contributed by atoms with Crippen molar-refractivity contribution < 1.29 is 18.4 Å². The number of carbonyl (C=O) groups excluding carboxylic acids is 2. The summed E-state index contributed by atoms with van der Waals surface area (Å²) in [5.41, 5.74) is 0.244. The molecule has 1 aromatic carbocycles. The van der Waals surface area contributed by atoms with Gasteiger partial charge in [0.1, 0.15) is 0 Å². The van der Waals surface area contributed by atoms with Crippen molar-refractivity contribution in [1.82, 2.24) is 4.90 Å². The maximum Gasteiger partial charge on any atom is 0.224 e. The molecular formula is C15H20F2N2O2. The number of rotatable bonds is 6. The molecule has 0 aliphatic heterocycles. The van der Waals surface area contributed by atoms with Gasteiger partial charge < -0.3 is 9.80 Å². The van der Waals surface area contributed by atoms with Crippen LogP contribution in [0.5, 0.6) is 0 Å². The van der Waals surface area contributed by atoms with Gasteiger partial charge in [-0.25, -0.2) is 8.78 Å².